The quantitative estimate of drug-likeness (QED) is 0.777. The molecule has 0 unspecified atom stereocenters. The minimum atomic E-state index is 0.635. The minimum Gasteiger partial charge on any atom is -0.342 e. The number of aryl methyl sites for hydroxylation is 1. The second kappa shape index (κ2) is 2.96. The first-order chi connectivity index (χ1) is 6.20. The molecular weight excluding hydrogens is 232 g/mol. The predicted molar refractivity (Wildman–Crippen MR) is 53.9 cm³/mol. The van der Waals surface area contributed by atoms with Crippen LogP contribution in [-0.2, 0) is 0 Å². The molecule has 1 N–H and O–H groups in total. The fourth-order valence-electron chi connectivity index (χ4n) is 1.27. The molecule has 0 fully saturated rings. The number of aromatic nitrogens is 2. The Morgan fingerprint density at radius 2 is 2.31 bits per heavy atom. The highest BCUT2D eigenvalue weighted by atomic mass is 79.9. The lowest BCUT2D eigenvalue weighted by Gasteiger charge is -1.94. The maximum Gasteiger partial charge on any atom is 0.151 e. The van der Waals surface area contributed by atoms with Crippen LogP contribution >= 0.6 is 15.9 Å². The van der Waals surface area contributed by atoms with Crippen molar-refractivity contribution in [1.29, 1.82) is 0 Å². The molecule has 1 aromatic heterocycles. The molecule has 2 rings (SSSR count). The van der Waals surface area contributed by atoms with E-state index in [0.717, 1.165) is 27.6 Å². The van der Waals surface area contributed by atoms with E-state index in [0.29, 0.717) is 5.56 Å². The van der Waals surface area contributed by atoms with Crippen LogP contribution in [0.25, 0.3) is 11.0 Å². The fourth-order valence-corrected chi connectivity index (χ4v) is 1.69. The number of hydrogen-bond donors (Lipinski definition) is 1. The third-order valence-electron chi connectivity index (χ3n) is 1.85. The van der Waals surface area contributed by atoms with Gasteiger partial charge >= 0.3 is 0 Å². The Labute approximate surface area is 83.3 Å². The van der Waals surface area contributed by atoms with Crippen LogP contribution in [0.1, 0.15) is 16.2 Å². The molecule has 0 aliphatic carbocycles. The van der Waals surface area contributed by atoms with E-state index in [-0.39, 0.29) is 0 Å². The van der Waals surface area contributed by atoms with Crippen molar-refractivity contribution >= 4 is 33.2 Å². The van der Waals surface area contributed by atoms with Crippen LogP contribution < -0.4 is 0 Å². The Balaban J connectivity index is 2.79. The van der Waals surface area contributed by atoms with Crippen molar-refractivity contribution in [3.05, 3.63) is 28.0 Å². The van der Waals surface area contributed by atoms with Gasteiger partial charge in [-0.25, -0.2) is 4.98 Å². The van der Waals surface area contributed by atoms with E-state index in [1.165, 1.54) is 0 Å². The highest BCUT2D eigenvalue weighted by Gasteiger charge is 2.04. The number of nitrogens with zero attached hydrogens (tertiary/aromatic N) is 1. The molecule has 1 heterocycles. The standard InChI is InChI=1S/C9H7BrN2O/c1-5-11-8-2-6(4-13)7(10)3-9(8)12-5/h2-4H,1H3,(H,11,12). The van der Waals surface area contributed by atoms with Gasteiger partial charge in [-0.3, -0.25) is 4.79 Å². The summed E-state index contributed by atoms with van der Waals surface area (Å²) in [5.74, 6) is 0.852. The second-order valence-electron chi connectivity index (χ2n) is 2.83. The molecule has 0 radical (unpaired) electrons. The van der Waals surface area contributed by atoms with Crippen molar-refractivity contribution in [3.63, 3.8) is 0 Å². The number of fused-ring (bicyclic) bond motifs is 1. The van der Waals surface area contributed by atoms with Crippen molar-refractivity contribution in [1.82, 2.24) is 9.97 Å². The zero-order valence-corrected chi connectivity index (χ0v) is 8.55. The third-order valence-corrected chi connectivity index (χ3v) is 2.53. The van der Waals surface area contributed by atoms with Crippen LogP contribution in [0.2, 0.25) is 0 Å². The first kappa shape index (κ1) is 8.44. The van der Waals surface area contributed by atoms with Gasteiger partial charge in [0.05, 0.1) is 11.0 Å². The molecule has 2 aromatic rings. The van der Waals surface area contributed by atoms with Crippen LogP contribution in [0.4, 0.5) is 0 Å². The van der Waals surface area contributed by atoms with E-state index < -0.39 is 0 Å². The van der Waals surface area contributed by atoms with E-state index in [9.17, 15) is 4.79 Å². The Hall–Kier alpha value is -1.16. The van der Waals surface area contributed by atoms with Crippen molar-refractivity contribution in [3.8, 4) is 0 Å². The summed E-state index contributed by atoms with van der Waals surface area (Å²) in [6, 6.07) is 3.62. The molecule has 1 aromatic carbocycles. The number of H-pyrrole nitrogens is 1. The zero-order chi connectivity index (χ0) is 9.42. The van der Waals surface area contributed by atoms with E-state index in [1.807, 2.05) is 13.0 Å². The average Bonchev–Trinajstić information content (AvgIpc) is 2.42. The van der Waals surface area contributed by atoms with Crippen LogP contribution in [-0.4, -0.2) is 16.3 Å². The Bertz CT molecular complexity index is 476. The lowest BCUT2D eigenvalue weighted by Crippen LogP contribution is -1.82. The third kappa shape index (κ3) is 1.37. The predicted octanol–water partition coefficient (Wildman–Crippen LogP) is 2.45. The molecule has 66 valence electrons. The summed E-state index contributed by atoms with van der Waals surface area (Å²) in [5, 5.41) is 0. The number of carbonyl (C=O) groups is 1. The van der Waals surface area contributed by atoms with E-state index in [2.05, 4.69) is 25.9 Å². The largest absolute Gasteiger partial charge is 0.342 e. The van der Waals surface area contributed by atoms with Crippen LogP contribution in [0.15, 0.2) is 16.6 Å². The van der Waals surface area contributed by atoms with Gasteiger partial charge in [0, 0.05) is 10.0 Å². The van der Waals surface area contributed by atoms with Crippen molar-refractivity contribution < 1.29 is 4.79 Å². The summed E-state index contributed by atoms with van der Waals surface area (Å²) in [5.41, 5.74) is 2.40. The highest BCUT2D eigenvalue weighted by molar-refractivity contribution is 9.10. The molecule has 0 amide bonds. The van der Waals surface area contributed by atoms with E-state index >= 15 is 0 Å². The Morgan fingerprint density at radius 3 is 3.00 bits per heavy atom. The molecule has 3 nitrogen and oxygen atoms in total. The lowest BCUT2D eigenvalue weighted by atomic mass is 10.2. The molecule has 4 heteroatoms. The molecule has 0 saturated heterocycles. The Kier molecular flexibility index (Phi) is 1.92. The average molecular weight is 239 g/mol. The van der Waals surface area contributed by atoms with Gasteiger partial charge in [-0.15, -0.1) is 0 Å². The molecule has 0 aliphatic heterocycles. The molecule has 0 bridgehead atoms. The van der Waals surface area contributed by atoms with Gasteiger partial charge in [-0.1, -0.05) is 0 Å². The molecule has 0 spiro atoms. The maximum atomic E-state index is 10.6. The molecule has 0 atom stereocenters. The van der Waals surface area contributed by atoms with E-state index in [4.69, 9.17) is 0 Å². The summed E-state index contributed by atoms with van der Waals surface area (Å²) < 4.78 is 0.779. The molecule has 13 heavy (non-hydrogen) atoms. The van der Waals surface area contributed by atoms with Gasteiger partial charge in [0.2, 0.25) is 0 Å². The van der Waals surface area contributed by atoms with Crippen LogP contribution in [0, 0.1) is 6.92 Å². The lowest BCUT2D eigenvalue weighted by molar-refractivity contribution is 0.112. The van der Waals surface area contributed by atoms with Gasteiger partial charge in [0.1, 0.15) is 5.82 Å². The maximum absolute atomic E-state index is 10.6. The summed E-state index contributed by atoms with van der Waals surface area (Å²) in [6.07, 6.45) is 0.819. The first-order valence-corrected chi connectivity index (χ1v) is 4.61. The number of halogens is 1. The number of hydrogen-bond acceptors (Lipinski definition) is 2. The summed E-state index contributed by atoms with van der Waals surface area (Å²) in [6.45, 7) is 1.88. The molecule has 0 saturated carbocycles. The number of aldehydes is 1. The van der Waals surface area contributed by atoms with Gasteiger partial charge in [-0.05, 0) is 35.0 Å². The topological polar surface area (TPSA) is 45.8 Å². The van der Waals surface area contributed by atoms with Crippen molar-refractivity contribution in [2.45, 2.75) is 6.92 Å². The highest BCUT2D eigenvalue weighted by Crippen LogP contribution is 2.21. The number of rotatable bonds is 1. The SMILES string of the molecule is Cc1nc2cc(Br)c(C=O)cc2[nH]1. The van der Waals surface area contributed by atoms with Gasteiger partial charge in [0.25, 0.3) is 0 Å². The number of aromatic amines is 1. The number of nitrogens with one attached hydrogen (secondary N) is 1. The fraction of sp³-hybridized carbons (Fsp3) is 0.111. The smallest absolute Gasteiger partial charge is 0.151 e. The monoisotopic (exact) mass is 238 g/mol. The van der Waals surface area contributed by atoms with Crippen LogP contribution in [0.3, 0.4) is 0 Å². The molecule has 0 aliphatic rings. The van der Waals surface area contributed by atoms with Crippen molar-refractivity contribution in [2.24, 2.45) is 0 Å². The van der Waals surface area contributed by atoms with Crippen LogP contribution in [0.5, 0.6) is 0 Å². The normalized spacial score (nSPS) is 10.6. The number of benzene rings is 1. The van der Waals surface area contributed by atoms with Gasteiger partial charge in [0.15, 0.2) is 6.29 Å². The van der Waals surface area contributed by atoms with Gasteiger partial charge in [-0.2, -0.15) is 0 Å². The van der Waals surface area contributed by atoms with Gasteiger partial charge < -0.3 is 4.98 Å². The summed E-state index contributed by atoms with van der Waals surface area (Å²) in [4.78, 5) is 17.9. The zero-order valence-electron chi connectivity index (χ0n) is 6.97. The van der Waals surface area contributed by atoms with E-state index in [1.54, 1.807) is 6.07 Å². The molecular formula is C9H7BrN2O. The number of carbonyl (C=O) groups excluding carboxylic acids is 1. The van der Waals surface area contributed by atoms with Crippen molar-refractivity contribution in [2.75, 3.05) is 0 Å². The Morgan fingerprint density at radius 1 is 1.54 bits per heavy atom. The number of imidazole rings is 1. The summed E-state index contributed by atoms with van der Waals surface area (Å²) >= 11 is 3.30. The summed E-state index contributed by atoms with van der Waals surface area (Å²) in [7, 11) is 0. The first-order valence-electron chi connectivity index (χ1n) is 3.82. The minimum absolute atomic E-state index is 0.635. The second-order valence-corrected chi connectivity index (χ2v) is 3.69.